The van der Waals surface area contributed by atoms with Gasteiger partial charge in [0.05, 0.1) is 6.04 Å². The van der Waals surface area contributed by atoms with Crippen molar-refractivity contribution in [3.05, 3.63) is 47.7 Å². The van der Waals surface area contributed by atoms with Crippen LogP contribution in [0.2, 0.25) is 0 Å². The van der Waals surface area contributed by atoms with Gasteiger partial charge in [0.25, 0.3) is 0 Å². The van der Waals surface area contributed by atoms with Crippen molar-refractivity contribution < 1.29 is 4.79 Å². The molecule has 2 atom stereocenters. The zero-order chi connectivity index (χ0) is 13.8. The molecule has 0 bridgehead atoms. The molecule has 3 nitrogen and oxygen atoms in total. The van der Waals surface area contributed by atoms with E-state index in [1.807, 2.05) is 18.3 Å². The molecule has 0 aliphatic carbocycles. The van der Waals surface area contributed by atoms with Crippen molar-refractivity contribution >= 4 is 5.91 Å². The summed E-state index contributed by atoms with van der Waals surface area (Å²) in [6.45, 7) is 4.98. The average molecular weight is 258 g/mol. The Morgan fingerprint density at radius 3 is 2.68 bits per heavy atom. The number of nitrogens with two attached hydrogens (primary N) is 1. The highest BCUT2D eigenvalue weighted by Gasteiger charge is 2.21. The minimum atomic E-state index is -0.458. The topological polar surface area (TPSA) is 46.3 Å². The largest absolute Gasteiger partial charge is 0.320 e. The first-order valence-electron chi connectivity index (χ1n) is 6.86. The van der Waals surface area contributed by atoms with Gasteiger partial charge in [-0.1, -0.05) is 42.8 Å². The summed E-state index contributed by atoms with van der Waals surface area (Å²) in [4.78, 5) is 14.0. The SMILES string of the molecule is Cc1ccc(C[C@H](N)C(=O)N2C=CC(C)CC2)cc1. The Hall–Kier alpha value is -1.61. The Morgan fingerprint density at radius 2 is 2.11 bits per heavy atom. The maximum Gasteiger partial charge on any atom is 0.243 e. The molecule has 0 spiro atoms. The molecule has 2 N–H and O–H groups in total. The Bertz CT molecular complexity index is 464. The number of nitrogens with zero attached hydrogens (tertiary/aromatic N) is 1. The summed E-state index contributed by atoms with van der Waals surface area (Å²) in [6, 6.07) is 7.72. The van der Waals surface area contributed by atoms with Crippen LogP contribution < -0.4 is 5.73 Å². The third-order valence-corrected chi connectivity index (χ3v) is 3.60. The molecule has 0 radical (unpaired) electrons. The van der Waals surface area contributed by atoms with Gasteiger partial charge in [-0.2, -0.15) is 0 Å². The van der Waals surface area contributed by atoms with Crippen LogP contribution >= 0.6 is 0 Å². The molecule has 1 aromatic carbocycles. The van der Waals surface area contributed by atoms with Crippen molar-refractivity contribution in [1.82, 2.24) is 4.90 Å². The van der Waals surface area contributed by atoms with Gasteiger partial charge in [-0.15, -0.1) is 0 Å². The van der Waals surface area contributed by atoms with Gasteiger partial charge in [-0.05, 0) is 31.2 Å². The van der Waals surface area contributed by atoms with Crippen molar-refractivity contribution in [2.75, 3.05) is 6.54 Å². The molecular weight excluding hydrogens is 236 g/mol. The molecule has 1 aromatic rings. The molecule has 1 amide bonds. The fourth-order valence-electron chi connectivity index (χ4n) is 2.23. The number of aryl methyl sites for hydroxylation is 1. The summed E-state index contributed by atoms with van der Waals surface area (Å²) >= 11 is 0. The van der Waals surface area contributed by atoms with Crippen LogP contribution in [0.25, 0.3) is 0 Å². The number of carbonyl (C=O) groups is 1. The molecule has 0 saturated heterocycles. The Morgan fingerprint density at radius 1 is 1.42 bits per heavy atom. The molecule has 2 rings (SSSR count). The Balaban J connectivity index is 1.96. The summed E-state index contributed by atoms with van der Waals surface area (Å²) in [6.07, 6.45) is 5.56. The van der Waals surface area contributed by atoms with Crippen LogP contribution in [0, 0.1) is 12.8 Å². The molecule has 0 saturated carbocycles. The molecule has 1 heterocycles. The number of hydrogen-bond donors (Lipinski definition) is 1. The van der Waals surface area contributed by atoms with Crippen molar-refractivity contribution in [3.8, 4) is 0 Å². The van der Waals surface area contributed by atoms with Gasteiger partial charge < -0.3 is 10.6 Å². The smallest absolute Gasteiger partial charge is 0.243 e. The van der Waals surface area contributed by atoms with Gasteiger partial charge in [-0.3, -0.25) is 4.79 Å². The van der Waals surface area contributed by atoms with Gasteiger partial charge in [0.15, 0.2) is 0 Å². The second kappa shape index (κ2) is 6.02. The number of hydrogen-bond acceptors (Lipinski definition) is 2. The standard InChI is InChI=1S/C16H22N2O/c1-12-3-5-14(6-4-12)11-15(17)16(19)18-9-7-13(2)8-10-18/h3-7,9,13,15H,8,10-11,17H2,1-2H3/t13?,15-/m0/s1. The minimum absolute atomic E-state index is 0.0173. The molecular formula is C16H22N2O. The predicted molar refractivity (Wildman–Crippen MR) is 77.5 cm³/mol. The lowest BCUT2D eigenvalue weighted by Gasteiger charge is -2.27. The van der Waals surface area contributed by atoms with E-state index in [1.165, 1.54) is 5.56 Å². The molecule has 3 heteroatoms. The van der Waals surface area contributed by atoms with Gasteiger partial charge >= 0.3 is 0 Å². The van der Waals surface area contributed by atoms with Crippen LogP contribution in [0.1, 0.15) is 24.5 Å². The van der Waals surface area contributed by atoms with E-state index in [1.54, 1.807) is 4.90 Å². The third kappa shape index (κ3) is 3.67. The second-order valence-corrected chi connectivity index (χ2v) is 5.44. The quantitative estimate of drug-likeness (QED) is 0.904. The van der Waals surface area contributed by atoms with E-state index in [2.05, 4.69) is 32.1 Å². The Kier molecular flexibility index (Phi) is 4.38. The van der Waals surface area contributed by atoms with Gasteiger partial charge in [0, 0.05) is 12.7 Å². The van der Waals surface area contributed by atoms with E-state index >= 15 is 0 Å². The fraction of sp³-hybridized carbons (Fsp3) is 0.438. The van der Waals surface area contributed by atoms with E-state index in [4.69, 9.17) is 5.73 Å². The molecule has 0 aromatic heterocycles. The lowest BCUT2D eigenvalue weighted by Crippen LogP contribution is -2.44. The zero-order valence-electron chi connectivity index (χ0n) is 11.7. The van der Waals surface area contributed by atoms with E-state index in [0.29, 0.717) is 12.3 Å². The van der Waals surface area contributed by atoms with E-state index in [-0.39, 0.29) is 5.91 Å². The predicted octanol–water partition coefficient (Wildman–Crippen LogP) is 2.25. The molecule has 1 aliphatic heterocycles. The van der Waals surface area contributed by atoms with E-state index < -0.39 is 6.04 Å². The normalized spacial score (nSPS) is 20.4. The second-order valence-electron chi connectivity index (χ2n) is 5.44. The van der Waals surface area contributed by atoms with E-state index in [9.17, 15) is 4.79 Å². The summed E-state index contributed by atoms with van der Waals surface area (Å²) in [5.74, 6) is 0.570. The molecule has 1 unspecified atom stereocenters. The van der Waals surface area contributed by atoms with Gasteiger partial charge in [0.1, 0.15) is 0 Å². The van der Waals surface area contributed by atoms with Crippen molar-refractivity contribution in [3.63, 3.8) is 0 Å². The Labute approximate surface area is 115 Å². The van der Waals surface area contributed by atoms with Gasteiger partial charge in [-0.25, -0.2) is 0 Å². The average Bonchev–Trinajstić information content (AvgIpc) is 2.41. The molecule has 102 valence electrons. The van der Waals surface area contributed by atoms with Crippen molar-refractivity contribution in [2.24, 2.45) is 11.7 Å². The zero-order valence-corrected chi connectivity index (χ0v) is 11.7. The number of amides is 1. The van der Waals surface area contributed by atoms with Crippen LogP contribution in [0.5, 0.6) is 0 Å². The monoisotopic (exact) mass is 258 g/mol. The van der Waals surface area contributed by atoms with Crippen LogP contribution in [-0.4, -0.2) is 23.4 Å². The first-order valence-corrected chi connectivity index (χ1v) is 6.86. The highest BCUT2D eigenvalue weighted by molar-refractivity contribution is 5.83. The van der Waals surface area contributed by atoms with E-state index in [0.717, 1.165) is 18.5 Å². The van der Waals surface area contributed by atoms with Crippen LogP contribution in [0.15, 0.2) is 36.5 Å². The van der Waals surface area contributed by atoms with Crippen LogP contribution in [0.4, 0.5) is 0 Å². The molecule has 19 heavy (non-hydrogen) atoms. The number of rotatable bonds is 3. The summed E-state index contributed by atoms with van der Waals surface area (Å²) in [7, 11) is 0. The maximum absolute atomic E-state index is 12.2. The number of benzene rings is 1. The molecule has 0 fully saturated rings. The first kappa shape index (κ1) is 13.8. The maximum atomic E-state index is 12.2. The van der Waals surface area contributed by atoms with Gasteiger partial charge in [0.2, 0.25) is 5.91 Å². The lowest BCUT2D eigenvalue weighted by atomic mass is 10.0. The summed E-state index contributed by atoms with van der Waals surface area (Å²) in [5, 5.41) is 0. The summed E-state index contributed by atoms with van der Waals surface area (Å²) < 4.78 is 0. The van der Waals surface area contributed by atoms with Crippen molar-refractivity contribution in [2.45, 2.75) is 32.7 Å². The lowest BCUT2D eigenvalue weighted by molar-refractivity contribution is -0.130. The summed E-state index contributed by atoms with van der Waals surface area (Å²) in [5.41, 5.74) is 8.36. The first-order chi connectivity index (χ1) is 9.06. The molecule has 1 aliphatic rings. The highest BCUT2D eigenvalue weighted by Crippen LogP contribution is 2.14. The fourth-order valence-corrected chi connectivity index (χ4v) is 2.23. The highest BCUT2D eigenvalue weighted by atomic mass is 16.2. The van der Waals surface area contributed by atoms with Crippen LogP contribution in [0.3, 0.4) is 0 Å². The third-order valence-electron chi connectivity index (χ3n) is 3.60. The van der Waals surface area contributed by atoms with Crippen LogP contribution in [-0.2, 0) is 11.2 Å². The minimum Gasteiger partial charge on any atom is -0.320 e. The van der Waals surface area contributed by atoms with Crippen molar-refractivity contribution in [1.29, 1.82) is 0 Å². The number of allylic oxidation sites excluding steroid dienone is 1. The number of carbonyl (C=O) groups excluding carboxylic acids is 1.